The zero-order valence-electron chi connectivity index (χ0n) is 13.5. The number of rotatable bonds is 3. The van der Waals surface area contributed by atoms with Crippen LogP contribution in [0.2, 0.25) is 0 Å². The maximum Gasteiger partial charge on any atom is 0.322 e. The van der Waals surface area contributed by atoms with Crippen LogP contribution < -0.4 is 5.32 Å². The van der Waals surface area contributed by atoms with Gasteiger partial charge in [-0.05, 0) is 43.8 Å². The highest BCUT2D eigenvalue weighted by Gasteiger charge is 2.37. The Morgan fingerprint density at radius 1 is 1.19 bits per heavy atom. The van der Waals surface area contributed by atoms with Gasteiger partial charge in [0.1, 0.15) is 0 Å². The molecule has 2 saturated heterocycles. The molecule has 0 aromatic rings. The molecule has 0 bridgehead atoms. The van der Waals surface area contributed by atoms with Crippen LogP contribution in [0.3, 0.4) is 0 Å². The third kappa shape index (κ3) is 3.00. The number of urea groups is 1. The lowest BCUT2D eigenvalue weighted by Crippen LogP contribution is -2.35. The number of nitrogens with zero attached hydrogens (tertiary/aromatic N) is 2. The summed E-state index contributed by atoms with van der Waals surface area (Å²) in [5, 5.41) is 3.14. The van der Waals surface area contributed by atoms with Crippen molar-refractivity contribution < 1.29 is 4.79 Å². The molecular weight excluding hydrogens is 262 g/mol. The van der Waals surface area contributed by atoms with Crippen LogP contribution in [0.1, 0.15) is 40.0 Å². The van der Waals surface area contributed by atoms with E-state index >= 15 is 0 Å². The second kappa shape index (κ2) is 5.48. The second-order valence-corrected chi connectivity index (χ2v) is 7.44. The summed E-state index contributed by atoms with van der Waals surface area (Å²) in [4.78, 5) is 16.6. The van der Waals surface area contributed by atoms with Crippen LogP contribution in [-0.4, -0.2) is 48.1 Å². The molecule has 3 aliphatic rings. The van der Waals surface area contributed by atoms with Crippen LogP contribution in [0.5, 0.6) is 0 Å². The molecule has 0 aromatic heterocycles. The Morgan fingerprint density at radius 3 is 2.57 bits per heavy atom. The van der Waals surface area contributed by atoms with Gasteiger partial charge in [-0.15, -0.1) is 0 Å². The van der Waals surface area contributed by atoms with Gasteiger partial charge in [0.25, 0.3) is 0 Å². The van der Waals surface area contributed by atoms with E-state index in [0.29, 0.717) is 0 Å². The lowest BCUT2D eigenvalue weighted by atomic mass is 9.80. The van der Waals surface area contributed by atoms with Crippen molar-refractivity contribution in [2.24, 2.45) is 5.41 Å². The minimum absolute atomic E-state index is 0.0778. The monoisotopic (exact) mass is 289 g/mol. The van der Waals surface area contributed by atoms with Gasteiger partial charge in [0.05, 0.1) is 6.04 Å². The molecule has 3 rings (SSSR count). The van der Waals surface area contributed by atoms with E-state index in [9.17, 15) is 4.79 Å². The molecule has 116 valence electrons. The molecule has 21 heavy (non-hydrogen) atoms. The summed E-state index contributed by atoms with van der Waals surface area (Å²) in [5.74, 6) is 0. The summed E-state index contributed by atoms with van der Waals surface area (Å²) < 4.78 is 0. The number of hydrogen-bond acceptors (Lipinski definition) is 2. The number of carbonyl (C=O) groups is 1. The van der Waals surface area contributed by atoms with Crippen molar-refractivity contribution in [3.63, 3.8) is 0 Å². The van der Waals surface area contributed by atoms with Gasteiger partial charge < -0.3 is 10.2 Å². The molecule has 4 heteroatoms. The highest BCUT2D eigenvalue weighted by molar-refractivity contribution is 5.81. The fourth-order valence-corrected chi connectivity index (χ4v) is 3.48. The van der Waals surface area contributed by atoms with Gasteiger partial charge in [-0.25, -0.2) is 4.79 Å². The van der Waals surface area contributed by atoms with E-state index in [2.05, 4.69) is 43.1 Å². The number of fused-ring (bicyclic) bond motifs is 1. The molecule has 2 aliphatic heterocycles. The number of amides is 2. The molecular formula is C17H27N3O. The van der Waals surface area contributed by atoms with Crippen molar-refractivity contribution in [1.29, 1.82) is 0 Å². The predicted octanol–water partition coefficient (Wildman–Crippen LogP) is 2.74. The Balaban J connectivity index is 1.68. The maximum atomic E-state index is 12.2. The van der Waals surface area contributed by atoms with Crippen LogP contribution in [0.4, 0.5) is 4.79 Å². The normalized spacial score (nSPS) is 26.5. The Kier molecular flexibility index (Phi) is 3.82. The van der Waals surface area contributed by atoms with Crippen LogP contribution in [-0.2, 0) is 0 Å². The van der Waals surface area contributed by atoms with Gasteiger partial charge in [0.15, 0.2) is 0 Å². The highest BCUT2D eigenvalue weighted by Crippen LogP contribution is 2.35. The zero-order chi connectivity index (χ0) is 15.0. The van der Waals surface area contributed by atoms with E-state index in [1.807, 2.05) is 4.90 Å². The molecule has 0 spiro atoms. The molecule has 1 aliphatic carbocycles. The highest BCUT2D eigenvalue weighted by atomic mass is 16.2. The van der Waals surface area contributed by atoms with Crippen molar-refractivity contribution in [2.75, 3.05) is 26.2 Å². The average molecular weight is 289 g/mol. The van der Waals surface area contributed by atoms with E-state index < -0.39 is 0 Å². The van der Waals surface area contributed by atoms with Gasteiger partial charge in [-0.2, -0.15) is 0 Å². The van der Waals surface area contributed by atoms with E-state index in [1.54, 1.807) is 0 Å². The standard InChI is InChI=1S/C17H27N3O/c1-17(2,3)13-6-7-15-14(12-13)18-16(21)20(15)11-10-19-8-4-5-9-19/h6-7,14H,4-5,8-12H2,1-3H3,(H,18,21). The molecule has 2 heterocycles. The number of nitrogens with one attached hydrogen (secondary N) is 1. The van der Waals surface area contributed by atoms with Crippen LogP contribution >= 0.6 is 0 Å². The summed E-state index contributed by atoms with van der Waals surface area (Å²) in [6, 6.07) is 0.254. The summed E-state index contributed by atoms with van der Waals surface area (Å²) in [6.45, 7) is 10.9. The molecule has 1 atom stereocenters. The maximum absolute atomic E-state index is 12.2. The quantitative estimate of drug-likeness (QED) is 0.867. The van der Waals surface area contributed by atoms with E-state index in [0.717, 1.165) is 25.2 Å². The Labute approximate surface area is 127 Å². The number of likely N-dealkylation sites (tertiary alicyclic amines) is 1. The molecule has 2 fully saturated rings. The number of hydrogen-bond donors (Lipinski definition) is 1. The second-order valence-electron chi connectivity index (χ2n) is 7.44. The van der Waals surface area contributed by atoms with Crippen molar-refractivity contribution in [1.82, 2.24) is 15.1 Å². The fraction of sp³-hybridized carbons (Fsp3) is 0.706. The summed E-state index contributed by atoms with van der Waals surface area (Å²) >= 11 is 0. The average Bonchev–Trinajstić information content (AvgIpc) is 3.01. The van der Waals surface area contributed by atoms with Gasteiger partial charge >= 0.3 is 6.03 Å². The first kappa shape index (κ1) is 14.6. The predicted molar refractivity (Wildman–Crippen MR) is 84.9 cm³/mol. The largest absolute Gasteiger partial charge is 0.329 e. The molecule has 1 unspecified atom stereocenters. The van der Waals surface area contributed by atoms with E-state index in [-0.39, 0.29) is 17.5 Å². The molecule has 4 nitrogen and oxygen atoms in total. The minimum Gasteiger partial charge on any atom is -0.329 e. The van der Waals surface area contributed by atoms with Crippen LogP contribution in [0, 0.1) is 5.41 Å². The Hall–Kier alpha value is -1.29. The van der Waals surface area contributed by atoms with Gasteiger partial charge in [-0.3, -0.25) is 4.90 Å². The first-order valence-electron chi connectivity index (χ1n) is 8.17. The Morgan fingerprint density at radius 2 is 1.90 bits per heavy atom. The number of carbonyl (C=O) groups excluding carboxylic acids is 1. The van der Waals surface area contributed by atoms with E-state index in [4.69, 9.17) is 0 Å². The summed E-state index contributed by atoms with van der Waals surface area (Å²) in [5.41, 5.74) is 2.75. The third-order valence-electron chi connectivity index (χ3n) is 4.89. The van der Waals surface area contributed by atoms with Crippen molar-refractivity contribution >= 4 is 6.03 Å². The van der Waals surface area contributed by atoms with Crippen molar-refractivity contribution in [3.05, 3.63) is 23.4 Å². The SMILES string of the molecule is CC(C)(C)C1=CC=C2C(C1)NC(=O)N2CCN1CCCC1. The zero-order valence-corrected chi connectivity index (χ0v) is 13.5. The smallest absolute Gasteiger partial charge is 0.322 e. The fourth-order valence-electron chi connectivity index (χ4n) is 3.48. The lowest BCUT2D eigenvalue weighted by molar-refractivity contribution is 0.215. The molecule has 2 amide bonds. The van der Waals surface area contributed by atoms with Gasteiger partial charge in [-0.1, -0.05) is 32.4 Å². The van der Waals surface area contributed by atoms with Crippen LogP contribution in [0.15, 0.2) is 23.4 Å². The first-order chi connectivity index (χ1) is 9.95. The first-order valence-corrected chi connectivity index (χ1v) is 8.17. The molecule has 0 saturated carbocycles. The van der Waals surface area contributed by atoms with E-state index in [1.165, 1.54) is 31.5 Å². The van der Waals surface area contributed by atoms with Gasteiger partial charge in [0, 0.05) is 18.8 Å². The third-order valence-corrected chi connectivity index (χ3v) is 4.89. The molecule has 0 aromatic carbocycles. The van der Waals surface area contributed by atoms with Crippen LogP contribution in [0.25, 0.3) is 0 Å². The summed E-state index contributed by atoms with van der Waals surface area (Å²) in [7, 11) is 0. The minimum atomic E-state index is 0.0778. The molecule has 0 radical (unpaired) electrons. The lowest BCUT2D eigenvalue weighted by Gasteiger charge is -2.29. The topological polar surface area (TPSA) is 35.6 Å². The Bertz CT molecular complexity index is 481. The van der Waals surface area contributed by atoms with Gasteiger partial charge in [0.2, 0.25) is 0 Å². The van der Waals surface area contributed by atoms with Crippen molar-refractivity contribution in [3.8, 4) is 0 Å². The summed E-state index contributed by atoms with van der Waals surface area (Å²) in [6.07, 6.45) is 7.91. The molecule has 1 N–H and O–H groups in total. The number of allylic oxidation sites excluding steroid dienone is 2. The van der Waals surface area contributed by atoms with Crippen molar-refractivity contribution in [2.45, 2.75) is 46.1 Å².